The minimum atomic E-state index is -0.548. The number of benzene rings is 1. The van der Waals surface area contributed by atoms with Crippen molar-refractivity contribution < 1.29 is 14.8 Å². The molecule has 1 amide bonds. The highest BCUT2D eigenvalue weighted by molar-refractivity contribution is 5.81. The summed E-state index contributed by atoms with van der Waals surface area (Å²) >= 11 is 0. The lowest BCUT2D eigenvalue weighted by molar-refractivity contribution is -0.385. The summed E-state index contributed by atoms with van der Waals surface area (Å²) in [7, 11) is 3.22. The van der Waals surface area contributed by atoms with Crippen molar-refractivity contribution in [1.29, 1.82) is 0 Å². The number of likely N-dealkylation sites (N-methyl/N-ethyl adjacent to an activating group) is 2. The molecule has 0 heterocycles. The van der Waals surface area contributed by atoms with E-state index in [1.54, 1.807) is 18.0 Å². The number of carbonyl (C=O) groups is 1. The third-order valence-electron chi connectivity index (χ3n) is 2.53. The van der Waals surface area contributed by atoms with Crippen LogP contribution in [0.2, 0.25) is 0 Å². The van der Waals surface area contributed by atoms with Crippen LogP contribution in [0.1, 0.15) is 5.56 Å². The predicted molar refractivity (Wildman–Crippen MR) is 66.4 cm³/mol. The molecular weight excluding hydrogens is 238 g/mol. The van der Waals surface area contributed by atoms with Gasteiger partial charge in [-0.1, -0.05) is 0 Å². The zero-order valence-electron chi connectivity index (χ0n) is 10.2. The molecule has 2 N–H and O–H groups in total. The number of rotatable bonds is 5. The Labute approximate surface area is 104 Å². The fourth-order valence-electron chi connectivity index (χ4n) is 1.50. The van der Waals surface area contributed by atoms with E-state index in [0.29, 0.717) is 5.69 Å². The molecule has 0 aliphatic carbocycles. The molecule has 0 aromatic heterocycles. The molecule has 18 heavy (non-hydrogen) atoms. The lowest BCUT2D eigenvalue weighted by atomic mass is 10.1. The normalized spacial score (nSPS) is 9.94. The Hall–Kier alpha value is -2.15. The Bertz CT molecular complexity index is 462. The molecule has 0 saturated carbocycles. The summed E-state index contributed by atoms with van der Waals surface area (Å²) < 4.78 is 0. The SMILES string of the molecule is CNC(=O)CN(C)c1ccc([N+](=O)[O-])c(CO)c1. The first-order valence-electron chi connectivity index (χ1n) is 5.29. The quantitative estimate of drug-likeness (QED) is 0.580. The average Bonchev–Trinajstić information content (AvgIpc) is 2.37. The van der Waals surface area contributed by atoms with Crippen LogP contribution in [0.5, 0.6) is 0 Å². The molecule has 0 aliphatic heterocycles. The molecular formula is C11H15N3O4. The summed E-state index contributed by atoms with van der Waals surface area (Å²) in [5.74, 6) is -0.165. The van der Waals surface area contributed by atoms with Gasteiger partial charge in [0.1, 0.15) is 0 Å². The highest BCUT2D eigenvalue weighted by atomic mass is 16.6. The second-order valence-electron chi connectivity index (χ2n) is 3.76. The lowest BCUT2D eigenvalue weighted by Crippen LogP contribution is -2.32. The maximum atomic E-state index is 11.2. The van der Waals surface area contributed by atoms with Gasteiger partial charge < -0.3 is 15.3 Å². The molecule has 1 aromatic carbocycles. The number of aliphatic hydroxyl groups is 1. The van der Waals surface area contributed by atoms with E-state index < -0.39 is 11.5 Å². The fraction of sp³-hybridized carbons (Fsp3) is 0.364. The molecule has 0 spiro atoms. The maximum Gasteiger partial charge on any atom is 0.275 e. The van der Waals surface area contributed by atoms with Crippen LogP contribution < -0.4 is 10.2 Å². The van der Waals surface area contributed by atoms with Gasteiger partial charge in [-0.2, -0.15) is 0 Å². The van der Waals surface area contributed by atoms with Crippen molar-refractivity contribution in [3.05, 3.63) is 33.9 Å². The maximum absolute atomic E-state index is 11.2. The number of aliphatic hydroxyl groups excluding tert-OH is 1. The van der Waals surface area contributed by atoms with Gasteiger partial charge >= 0.3 is 0 Å². The third kappa shape index (κ3) is 3.17. The van der Waals surface area contributed by atoms with Crippen LogP contribution in [-0.4, -0.2) is 36.6 Å². The molecule has 1 rings (SSSR count). The predicted octanol–water partition coefficient (Wildman–Crippen LogP) is 0.269. The number of amides is 1. The van der Waals surface area contributed by atoms with Crippen molar-refractivity contribution >= 4 is 17.3 Å². The van der Waals surface area contributed by atoms with Crippen molar-refractivity contribution in [2.24, 2.45) is 0 Å². The summed E-state index contributed by atoms with van der Waals surface area (Å²) in [5, 5.41) is 22.3. The second kappa shape index (κ2) is 5.97. The molecule has 0 radical (unpaired) electrons. The van der Waals surface area contributed by atoms with Crippen molar-refractivity contribution in [3.63, 3.8) is 0 Å². The number of nitrogens with one attached hydrogen (secondary N) is 1. The number of nitro groups is 1. The van der Waals surface area contributed by atoms with Crippen LogP contribution in [0.15, 0.2) is 18.2 Å². The topological polar surface area (TPSA) is 95.7 Å². The fourth-order valence-corrected chi connectivity index (χ4v) is 1.50. The lowest BCUT2D eigenvalue weighted by Gasteiger charge is -2.18. The largest absolute Gasteiger partial charge is 0.391 e. The Morgan fingerprint density at radius 3 is 2.72 bits per heavy atom. The van der Waals surface area contributed by atoms with Gasteiger partial charge in [0.2, 0.25) is 5.91 Å². The minimum absolute atomic E-state index is 0.130. The van der Waals surface area contributed by atoms with E-state index in [2.05, 4.69) is 5.32 Å². The molecule has 7 heteroatoms. The van der Waals surface area contributed by atoms with Gasteiger partial charge in [-0.25, -0.2) is 0 Å². The number of carbonyl (C=O) groups excluding carboxylic acids is 1. The average molecular weight is 253 g/mol. The number of anilines is 1. The molecule has 0 bridgehead atoms. The van der Waals surface area contributed by atoms with Crippen LogP contribution in [0.3, 0.4) is 0 Å². The monoisotopic (exact) mass is 253 g/mol. The summed E-state index contributed by atoms with van der Waals surface area (Å²) in [6.07, 6.45) is 0. The zero-order chi connectivity index (χ0) is 13.7. The molecule has 0 fully saturated rings. The molecule has 98 valence electrons. The smallest absolute Gasteiger partial charge is 0.275 e. The Balaban J connectivity index is 2.98. The molecule has 1 aromatic rings. The highest BCUT2D eigenvalue weighted by Crippen LogP contribution is 2.24. The molecule has 0 saturated heterocycles. The van der Waals surface area contributed by atoms with Gasteiger partial charge in [0.05, 0.1) is 23.6 Å². The van der Waals surface area contributed by atoms with Gasteiger partial charge in [0.15, 0.2) is 0 Å². The Morgan fingerprint density at radius 1 is 1.56 bits per heavy atom. The van der Waals surface area contributed by atoms with Crippen LogP contribution in [0.25, 0.3) is 0 Å². The van der Waals surface area contributed by atoms with E-state index in [4.69, 9.17) is 5.11 Å². The second-order valence-corrected chi connectivity index (χ2v) is 3.76. The van der Waals surface area contributed by atoms with Gasteiger partial charge in [0.25, 0.3) is 5.69 Å². The number of nitrogens with zero attached hydrogens (tertiary/aromatic N) is 2. The highest BCUT2D eigenvalue weighted by Gasteiger charge is 2.15. The van der Waals surface area contributed by atoms with Crippen LogP contribution >= 0.6 is 0 Å². The third-order valence-corrected chi connectivity index (χ3v) is 2.53. The van der Waals surface area contributed by atoms with E-state index >= 15 is 0 Å². The van der Waals surface area contributed by atoms with Crippen molar-refractivity contribution in [3.8, 4) is 0 Å². The first-order chi connectivity index (χ1) is 8.49. The van der Waals surface area contributed by atoms with Crippen molar-refractivity contribution in [1.82, 2.24) is 5.32 Å². The first kappa shape index (κ1) is 13.9. The first-order valence-corrected chi connectivity index (χ1v) is 5.29. The standard InChI is InChI=1S/C11H15N3O4/c1-12-11(16)6-13(2)9-3-4-10(14(17)18)8(5-9)7-15/h3-5,15H,6-7H2,1-2H3,(H,12,16). The summed E-state index contributed by atoms with van der Waals surface area (Å²) in [6.45, 7) is -0.281. The molecule has 0 unspecified atom stereocenters. The number of nitro benzene ring substituents is 1. The number of hydrogen-bond acceptors (Lipinski definition) is 5. The van der Waals surface area contributed by atoms with Crippen molar-refractivity contribution in [2.45, 2.75) is 6.61 Å². The van der Waals surface area contributed by atoms with E-state index in [1.165, 1.54) is 19.2 Å². The summed E-state index contributed by atoms with van der Waals surface area (Å²) in [5.41, 5.74) is 0.726. The summed E-state index contributed by atoms with van der Waals surface area (Å²) in [6, 6.07) is 4.36. The van der Waals surface area contributed by atoms with E-state index in [9.17, 15) is 14.9 Å². The minimum Gasteiger partial charge on any atom is -0.391 e. The van der Waals surface area contributed by atoms with Gasteiger partial charge in [-0.05, 0) is 12.1 Å². The van der Waals surface area contributed by atoms with E-state index in [0.717, 1.165) is 0 Å². The summed E-state index contributed by atoms with van der Waals surface area (Å²) in [4.78, 5) is 23.0. The zero-order valence-corrected chi connectivity index (χ0v) is 10.2. The van der Waals surface area contributed by atoms with Crippen molar-refractivity contribution in [2.75, 3.05) is 25.5 Å². The van der Waals surface area contributed by atoms with Gasteiger partial charge in [0, 0.05) is 25.8 Å². The van der Waals surface area contributed by atoms with Crippen LogP contribution in [0, 0.1) is 10.1 Å². The Kier molecular flexibility index (Phi) is 4.61. The van der Waals surface area contributed by atoms with Gasteiger partial charge in [-0.15, -0.1) is 0 Å². The van der Waals surface area contributed by atoms with Crippen LogP contribution in [0.4, 0.5) is 11.4 Å². The molecule has 0 atom stereocenters. The Morgan fingerprint density at radius 2 is 2.22 bits per heavy atom. The molecule has 0 aliphatic rings. The van der Waals surface area contributed by atoms with Crippen LogP contribution in [-0.2, 0) is 11.4 Å². The van der Waals surface area contributed by atoms with Gasteiger partial charge in [-0.3, -0.25) is 14.9 Å². The molecule has 7 nitrogen and oxygen atoms in total. The van der Waals surface area contributed by atoms with E-state index in [1.807, 2.05) is 0 Å². The van der Waals surface area contributed by atoms with E-state index in [-0.39, 0.29) is 23.7 Å². The number of hydrogen-bond donors (Lipinski definition) is 2.